The van der Waals surface area contributed by atoms with E-state index in [1.165, 1.54) is 44.1 Å². The van der Waals surface area contributed by atoms with E-state index in [0.717, 1.165) is 40.5 Å². The van der Waals surface area contributed by atoms with E-state index in [4.69, 9.17) is 4.42 Å². The molecular weight excluding hydrogens is 498 g/mol. The smallest absolute Gasteiger partial charge is 0.159 e. The number of allylic oxidation sites excluding steroid dienone is 4. The average molecular weight is 526 g/mol. The zero-order valence-corrected chi connectivity index (χ0v) is 22.5. The molecule has 0 aliphatic heterocycles. The van der Waals surface area contributed by atoms with Crippen LogP contribution in [0.2, 0.25) is 0 Å². The Kier molecular flexibility index (Phi) is 4.11. The van der Waals surface area contributed by atoms with Crippen LogP contribution >= 0.6 is 0 Å². The number of aryl methyl sites for hydroxylation is 1. The Labute approximate surface area is 237 Å². The minimum atomic E-state index is -0.00129. The van der Waals surface area contributed by atoms with Crippen molar-refractivity contribution < 1.29 is 4.42 Å². The van der Waals surface area contributed by atoms with Gasteiger partial charge in [0.05, 0.1) is 16.7 Å². The molecule has 3 unspecified atom stereocenters. The standard InChI is InChI=1S/C39H27NO/c1-5-15-31-24(10-1)20-21-39(31)32-16-6-2-11-25(32)29-22-30-26-12-3-7-17-34(26)40(36(30)23-33(29)39)35-18-9-14-28-27-13-4-8-19-37(27)41-38(28)35/h1-19,22-23,25,32H,20-21H2. The molecule has 41 heavy (non-hydrogen) atoms. The number of hydrogen-bond donors (Lipinski definition) is 0. The summed E-state index contributed by atoms with van der Waals surface area (Å²) in [6.07, 6.45) is 11.7. The van der Waals surface area contributed by atoms with Gasteiger partial charge < -0.3 is 8.98 Å². The highest BCUT2D eigenvalue weighted by Crippen LogP contribution is 2.62. The number of hydrogen-bond acceptors (Lipinski definition) is 1. The van der Waals surface area contributed by atoms with Gasteiger partial charge in [0.1, 0.15) is 5.58 Å². The van der Waals surface area contributed by atoms with E-state index in [-0.39, 0.29) is 5.41 Å². The molecule has 0 amide bonds. The molecule has 2 heteroatoms. The number of benzene rings is 5. The van der Waals surface area contributed by atoms with Crippen molar-refractivity contribution in [2.45, 2.75) is 24.2 Å². The summed E-state index contributed by atoms with van der Waals surface area (Å²) in [6, 6.07) is 38.1. The van der Waals surface area contributed by atoms with E-state index in [1.807, 2.05) is 0 Å². The van der Waals surface area contributed by atoms with Crippen LogP contribution < -0.4 is 0 Å². The van der Waals surface area contributed by atoms with Crippen molar-refractivity contribution in [1.82, 2.24) is 4.57 Å². The summed E-state index contributed by atoms with van der Waals surface area (Å²) < 4.78 is 9.03. The predicted octanol–water partition coefficient (Wildman–Crippen LogP) is 9.75. The average Bonchev–Trinajstić information content (AvgIpc) is 3.76. The van der Waals surface area contributed by atoms with E-state index in [0.29, 0.717) is 11.8 Å². The fourth-order valence-corrected chi connectivity index (χ4v) is 8.68. The van der Waals surface area contributed by atoms with Crippen molar-refractivity contribution in [2.24, 2.45) is 5.92 Å². The van der Waals surface area contributed by atoms with Crippen molar-refractivity contribution in [3.8, 4) is 5.69 Å². The largest absolute Gasteiger partial charge is 0.454 e. The Morgan fingerprint density at radius 3 is 2.44 bits per heavy atom. The lowest BCUT2D eigenvalue weighted by molar-refractivity contribution is 0.390. The lowest BCUT2D eigenvalue weighted by atomic mass is 9.68. The zero-order chi connectivity index (χ0) is 26.7. The van der Waals surface area contributed by atoms with Crippen LogP contribution in [0.4, 0.5) is 0 Å². The van der Waals surface area contributed by atoms with Crippen LogP contribution in [0.1, 0.15) is 34.6 Å². The quantitative estimate of drug-likeness (QED) is 0.209. The third-order valence-electron chi connectivity index (χ3n) is 10.3. The minimum absolute atomic E-state index is 0.00129. The summed E-state index contributed by atoms with van der Waals surface area (Å²) in [5, 5.41) is 4.93. The van der Waals surface area contributed by atoms with E-state index in [9.17, 15) is 0 Å². The molecule has 10 rings (SSSR count). The van der Waals surface area contributed by atoms with Gasteiger partial charge in [0, 0.05) is 38.8 Å². The van der Waals surface area contributed by atoms with Crippen LogP contribution in [0.5, 0.6) is 0 Å². The fourth-order valence-electron chi connectivity index (χ4n) is 8.68. The Balaban J connectivity index is 1.34. The van der Waals surface area contributed by atoms with Crippen LogP contribution in [0.25, 0.3) is 49.4 Å². The summed E-state index contributed by atoms with van der Waals surface area (Å²) in [4.78, 5) is 0. The summed E-state index contributed by atoms with van der Waals surface area (Å²) >= 11 is 0. The summed E-state index contributed by atoms with van der Waals surface area (Å²) in [6.45, 7) is 0. The van der Waals surface area contributed by atoms with Gasteiger partial charge in [-0.1, -0.05) is 97.1 Å². The normalized spacial score (nSPS) is 22.3. The van der Waals surface area contributed by atoms with Gasteiger partial charge in [0.15, 0.2) is 5.58 Å². The maximum atomic E-state index is 6.58. The first-order valence-corrected chi connectivity index (χ1v) is 14.7. The minimum Gasteiger partial charge on any atom is -0.454 e. The maximum Gasteiger partial charge on any atom is 0.159 e. The number of rotatable bonds is 1. The molecule has 0 fully saturated rings. The van der Waals surface area contributed by atoms with E-state index in [2.05, 4.69) is 132 Å². The van der Waals surface area contributed by atoms with Crippen LogP contribution in [0.3, 0.4) is 0 Å². The van der Waals surface area contributed by atoms with E-state index in [1.54, 1.807) is 0 Å². The van der Waals surface area contributed by atoms with Gasteiger partial charge in [-0.25, -0.2) is 0 Å². The molecule has 3 atom stereocenters. The molecule has 2 nitrogen and oxygen atoms in total. The van der Waals surface area contributed by atoms with Crippen molar-refractivity contribution in [1.29, 1.82) is 0 Å². The van der Waals surface area contributed by atoms with E-state index < -0.39 is 0 Å². The molecule has 1 spiro atoms. The number of aromatic nitrogens is 1. The number of fused-ring (bicyclic) bond motifs is 13. The van der Waals surface area contributed by atoms with Crippen LogP contribution in [0.15, 0.2) is 132 Å². The van der Waals surface area contributed by atoms with Crippen LogP contribution in [0, 0.1) is 5.92 Å². The molecule has 0 N–H and O–H groups in total. The topological polar surface area (TPSA) is 18.1 Å². The van der Waals surface area contributed by atoms with E-state index >= 15 is 0 Å². The fraction of sp³-hybridized carbons (Fsp3) is 0.128. The second-order valence-corrected chi connectivity index (χ2v) is 12.0. The van der Waals surface area contributed by atoms with Crippen molar-refractivity contribution in [3.05, 3.63) is 150 Å². The highest BCUT2D eigenvalue weighted by Gasteiger charge is 2.54. The third kappa shape index (κ3) is 2.64. The first-order chi connectivity index (χ1) is 20.3. The highest BCUT2D eigenvalue weighted by atomic mass is 16.3. The molecule has 3 aliphatic carbocycles. The second-order valence-electron chi connectivity index (χ2n) is 12.0. The van der Waals surface area contributed by atoms with Crippen LogP contribution in [-0.2, 0) is 11.8 Å². The molecule has 194 valence electrons. The SMILES string of the molecule is C1=CC2c3cc4c5ccccc5n(-c5cccc6c5oc5ccccc56)c4cc3C3(CCc4ccccc43)C2C=C1. The maximum absolute atomic E-state index is 6.58. The van der Waals surface area contributed by atoms with Gasteiger partial charge >= 0.3 is 0 Å². The van der Waals surface area contributed by atoms with Gasteiger partial charge in [-0.05, 0) is 65.4 Å². The molecule has 7 aromatic rings. The molecule has 3 aliphatic rings. The Hall–Kier alpha value is -4.82. The molecule has 0 saturated carbocycles. The second kappa shape index (κ2) is 7.67. The molecule has 2 aromatic heterocycles. The van der Waals surface area contributed by atoms with Crippen molar-refractivity contribution in [3.63, 3.8) is 0 Å². The molecule has 5 aromatic carbocycles. The van der Waals surface area contributed by atoms with Gasteiger partial charge in [-0.2, -0.15) is 0 Å². The number of nitrogens with zero attached hydrogens (tertiary/aromatic N) is 1. The predicted molar refractivity (Wildman–Crippen MR) is 168 cm³/mol. The molecule has 0 saturated heterocycles. The highest BCUT2D eigenvalue weighted by molar-refractivity contribution is 6.13. The van der Waals surface area contributed by atoms with Crippen molar-refractivity contribution in [2.75, 3.05) is 0 Å². The summed E-state index contributed by atoms with van der Waals surface area (Å²) in [5.41, 5.74) is 11.5. The van der Waals surface area contributed by atoms with Gasteiger partial charge in [-0.3, -0.25) is 0 Å². The van der Waals surface area contributed by atoms with Gasteiger partial charge in [0.2, 0.25) is 0 Å². The number of furan rings is 1. The lowest BCUT2D eigenvalue weighted by Gasteiger charge is -2.34. The summed E-state index contributed by atoms with van der Waals surface area (Å²) in [5.74, 6) is 0.836. The number of para-hydroxylation sites is 3. The van der Waals surface area contributed by atoms with Crippen LogP contribution in [-0.4, -0.2) is 4.57 Å². The first kappa shape index (κ1) is 21.9. The Morgan fingerprint density at radius 2 is 1.46 bits per heavy atom. The zero-order valence-electron chi connectivity index (χ0n) is 22.5. The Bertz CT molecular complexity index is 2290. The van der Waals surface area contributed by atoms with Gasteiger partial charge in [-0.15, -0.1) is 0 Å². The lowest BCUT2D eigenvalue weighted by Crippen LogP contribution is -2.31. The molecule has 0 radical (unpaired) electrons. The Morgan fingerprint density at radius 1 is 0.659 bits per heavy atom. The molecule has 2 heterocycles. The molecular formula is C39H27NO. The first-order valence-electron chi connectivity index (χ1n) is 14.7. The third-order valence-corrected chi connectivity index (χ3v) is 10.3. The molecule has 0 bridgehead atoms. The monoisotopic (exact) mass is 525 g/mol. The van der Waals surface area contributed by atoms with Crippen molar-refractivity contribution >= 4 is 43.7 Å². The summed E-state index contributed by atoms with van der Waals surface area (Å²) in [7, 11) is 0. The van der Waals surface area contributed by atoms with Gasteiger partial charge in [0.25, 0.3) is 0 Å².